The molecule has 4 bridgehead atoms. The number of esters is 1. The number of aliphatic hydroxyl groups is 4. The first kappa shape index (κ1) is 44.8. The maximum atomic E-state index is 15.4. The van der Waals surface area contributed by atoms with E-state index in [0.29, 0.717) is 35.3 Å². The van der Waals surface area contributed by atoms with Crippen molar-refractivity contribution >= 4 is 29.5 Å². The number of methoxy groups -OCH3 is 1. The summed E-state index contributed by atoms with van der Waals surface area (Å²) in [6, 6.07) is 2.25. The predicted octanol–water partition coefficient (Wildman–Crippen LogP) is 5.17. The first-order chi connectivity index (χ1) is 29.7. The van der Waals surface area contributed by atoms with E-state index in [1.165, 1.54) is 7.11 Å². The van der Waals surface area contributed by atoms with E-state index in [1.807, 2.05) is 66.7 Å². The molecule has 5 N–H and O–H groups in total. The molecule has 12 atom stereocenters. The SMILES string of the molecule is COC(=O)C(C)=CCC12OC(C)(C)C3CC(C1=O)C1C4=C(OC(=N)C1C#N)c1c(O[C@H]5O[C@@H](CO)[C@H](O)[C@@H](O)[C@@H]5O)c5c(c(CC=C(C)C)c1OC432)OC(C)(CCC=C(C)C)C=C5. The van der Waals surface area contributed by atoms with Gasteiger partial charge in [-0.2, -0.15) is 5.26 Å². The number of aliphatic hydroxyl groups excluding tert-OH is 4. The maximum absolute atomic E-state index is 15.4. The van der Waals surface area contributed by atoms with Crippen LogP contribution in [0.5, 0.6) is 17.2 Å². The molecule has 0 aromatic heterocycles. The molecule has 2 saturated heterocycles. The second-order valence-corrected chi connectivity index (χ2v) is 19.2. The van der Waals surface area contributed by atoms with Gasteiger partial charge in [0.1, 0.15) is 64.5 Å². The maximum Gasteiger partial charge on any atom is 0.333 e. The number of ketones is 1. The highest BCUT2D eigenvalue weighted by molar-refractivity contribution is 6.03. The Kier molecular flexibility index (Phi) is 11.2. The summed E-state index contributed by atoms with van der Waals surface area (Å²) >= 11 is 0. The summed E-state index contributed by atoms with van der Waals surface area (Å²) in [6.07, 6.45) is 3.03. The van der Waals surface area contributed by atoms with Gasteiger partial charge in [0.15, 0.2) is 17.0 Å². The van der Waals surface area contributed by atoms with Crippen molar-refractivity contribution in [2.24, 2.45) is 23.7 Å². The molecule has 0 radical (unpaired) electrons. The van der Waals surface area contributed by atoms with Crippen molar-refractivity contribution in [1.82, 2.24) is 0 Å². The number of nitrogens with zero attached hydrogens (tertiary/aromatic N) is 1. The first-order valence-corrected chi connectivity index (χ1v) is 21.6. The second-order valence-electron chi connectivity index (χ2n) is 19.2. The molecule has 1 aromatic carbocycles. The molecule has 1 aromatic rings. The minimum absolute atomic E-state index is 0.0166. The van der Waals surface area contributed by atoms with Crippen LogP contribution < -0.4 is 14.2 Å². The van der Waals surface area contributed by atoms with Crippen molar-refractivity contribution in [2.45, 2.75) is 141 Å². The van der Waals surface area contributed by atoms with Crippen LogP contribution in [0, 0.1) is 40.4 Å². The normalized spacial score (nSPS) is 36.4. The molecule has 8 aliphatic rings. The number of nitrogens with one attached hydrogen (secondary N) is 1. The molecule has 5 aliphatic heterocycles. The monoisotopic (exact) mass is 870 g/mol. The van der Waals surface area contributed by atoms with E-state index >= 15 is 4.79 Å². The highest BCUT2D eigenvalue weighted by Gasteiger charge is 2.84. The van der Waals surface area contributed by atoms with Crippen molar-refractivity contribution in [3.63, 3.8) is 0 Å². The highest BCUT2D eigenvalue weighted by Crippen LogP contribution is 2.74. The Morgan fingerprint density at radius 1 is 1.02 bits per heavy atom. The average Bonchev–Trinajstić information content (AvgIpc) is 3.37. The summed E-state index contributed by atoms with van der Waals surface area (Å²) in [5.41, 5.74) is -1.26. The van der Waals surface area contributed by atoms with Gasteiger partial charge >= 0.3 is 5.97 Å². The molecule has 0 amide bonds. The number of carbonyl (C=O) groups is 2. The Labute approximate surface area is 367 Å². The van der Waals surface area contributed by atoms with Crippen molar-refractivity contribution in [1.29, 1.82) is 10.7 Å². The zero-order valence-corrected chi connectivity index (χ0v) is 37.2. The van der Waals surface area contributed by atoms with E-state index in [-0.39, 0.29) is 59.3 Å². The fraction of sp³-hybridized carbons (Fsp3) is 0.583. The van der Waals surface area contributed by atoms with E-state index in [1.54, 1.807) is 13.0 Å². The van der Waals surface area contributed by atoms with Gasteiger partial charge in [-0.15, -0.1) is 0 Å². The molecule has 5 fully saturated rings. The molecule has 15 nitrogen and oxygen atoms in total. The standard InChI is InChI=1S/C48H58N2O13/c1-22(2)11-10-16-46(8)17-15-26-37(61-46)25(13-12-23(3)4)39-32(38(26)60-44-36(54)35(53)34(52)29(21-51)58-44)40-33-31(28(20-49)42(50)59-40)27-19-30-45(6,7)63-47(41(27)55,48(30,33)62-39)18-14-24(5)43(56)57-9/h11-12,14-15,17,27-31,34-36,44,50-54H,10,13,16,18-19,21H2,1-9H3/t27?,28?,29-,30?,31?,34-,35+,36-,44+,46?,47?,48?/m0/s1. The summed E-state index contributed by atoms with van der Waals surface area (Å²) in [4.78, 5) is 28.2. The second kappa shape index (κ2) is 15.7. The molecule has 9 rings (SSSR count). The molecular formula is C48H58N2O13. The van der Waals surface area contributed by atoms with E-state index in [2.05, 4.69) is 12.1 Å². The lowest BCUT2D eigenvalue weighted by molar-refractivity contribution is -0.277. The Bertz CT molecular complexity index is 2340. The Hall–Kier alpha value is -4.82. The minimum Gasteiger partial charge on any atom is -0.482 e. The van der Waals surface area contributed by atoms with Gasteiger partial charge in [0.2, 0.25) is 12.2 Å². The highest BCUT2D eigenvalue weighted by atomic mass is 16.7. The molecule has 5 heterocycles. The van der Waals surface area contributed by atoms with Gasteiger partial charge in [-0.3, -0.25) is 10.2 Å². The number of hydrogen-bond acceptors (Lipinski definition) is 15. The quantitative estimate of drug-likeness (QED) is 0.110. The first-order valence-electron chi connectivity index (χ1n) is 21.6. The molecule has 338 valence electrons. The lowest BCUT2D eigenvalue weighted by Gasteiger charge is -2.62. The zero-order chi connectivity index (χ0) is 45.7. The van der Waals surface area contributed by atoms with E-state index in [9.17, 15) is 35.9 Å². The van der Waals surface area contributed by atoms with Crippen molar-refractivity contribution < 1.29 is 63.2 Å². The zero-order valence-electron chi connectivity index (χ0n) is 37.2. The predicted molar refractivity (Wildman–Crippen MR) is 227 cm³/mol. The number of ether oxygens (including phenoxy) is 7. The van der Waals surface area contributed by atoms with Gasteiger partial charge in [-0.05, 0) is 93.2 Å². The number of benzene rings is 1. The van der Waals surface area contributed by atoms with Gasteiger partial charge < -0.3 is 53.6 Å². The van der Waals surface area contributed by atoms with E-state index in [0.717, 1.165) is 11.1 Å². The van der Waals surface area contributed by atoms with Crippen LogP contribution in [0.1, 0.15) is 97.8 Å². The fourth-order valence-corrected chi connectivity index (χ4v) is 11.1. The average molecular weight is 871 g/mol. The summed E-state index contributed by atoms with van der Waals surface area (Å²) in [7, 11) is 1.27. The lowest BCUT2D eigenvalue weighted by Crippen LogP contribution is -2.75. The van der Waals surface area contributed by atoms with Gasteiger partial charge in [0.05, 0.1) is 31.0 Å². The summed E-state index contributed by atoms with van der Waals surface area (Å²) in [5, 5.41) is 63.1. The van der Waals surface area contributed by atoms with Crippen LogP contribution in [-0.4, -0.2) is 105 Å². The van der Waals surface area contributed by atoms with Gasteiger partial charge in [0, 0.05) is 40.9 Å². The van der Waals surface area contributed by atoms with Gasteiger partial charge in [-0.25, -0.2) is 4.79 Å². The number of allylic oxidation sites excluding steroid dienone is 4. The minimum atomic E-state index is -1.81. The van der Waals surface area contributed by atoms with Crippen molar-refractivity contribution in [3.8, 4) is 23.3 Å². The lowest BCUT2D eigenvalue weighted by atomic mass is 9.44. The topological polar surface area (TPSA) is 227 Å². The molecule has 63 heavy (non-hydrogen) atoms. The molecular weight excluding hydrogens is 813 g/mol. The summed E-state index contributed by atoms with van der Waals surface area (Å²) in [6.45, 7) is 14.6. The Morgan fingerprint density at radius 2 is 1.73 bits per heavy atom. The third-order valence-electron chi connectivity index (χ3n) is 14.1. The van der Waals surface area contributed by atoms with Crippen LogP contribution >= 0.6 is 0 Å². The van der Waals surface area contributed by atoms with Crippen molar-refractivity contribution in [2.75, 3.05) is 13.7 Å². The third kappa shape index (κ3) is 6.62. The van der Waals surface area contributed by atoms with Gasteiger partial charge in [-0.1, -0.05) is 29.4 Å². The number of carbonyl (C=O) groups excluding carboxylic acids is 2. The molecule has 3 aliphatic carbocycles. The molecule has 7 unspecified atom stereocenters. The van der Waals surface area contributed by atoms with Crippen LogP contribution in [0.2, 0.25) is 0 Å². The van der Waals surface area contributed by atoms with Crippen LogP contribution in [0.3, 0.4) is 0 Å². The van der Waals surface area contributed by atoms with Crippen LogP contribution in [0.4, 0.5) is 0 Å². The fourth-order valence-electron chi connectivity index (χ4n) is 11.1. The smallest absolute Gasteiger partial charge is 0.333 e. The molecule has 3 saturated carbocycles. The van der Waals surface area contributed by atoms with Gasteiger partial charge in [0.25, 0.3) is 0 Å². The third-order valence-corrected chi connectivity index (χ3v) is 14.1. The summed E-state index contributed by atoms with van der Waals surface area (Å²) in [5.74, 6) is -3.95. The van der Waals surface area contributed by atoms with Crippen LogP contribution in [-0.2, 0) is 35.0 Å². The largest absolute Gasteiger partial charge is 0.482 e. The Balaban J connectivity index is 1.46. The summed E-state index contributed by atoms with van der Waals surface area (Å²) < 4.78 is 46.0. The van der Waals surface area contributed by atoms with Crippen molar-refractivity contribution in [3.05, 3.63) is 63.3 Å². The van der Waals surface area contributed by atoms with E-state index < -0.39 is 89.4 Å². The number of hydrogen-bond donors (Lipinski definition) is 5. The molecule has 15 heteroatoms. The number of rotatable bonds is 11. The number of Topliss-reactive ketones (excluding diaryl/α,β-unsaturated/α-hetero) is 1. The Morgan fingerprint density at radius 3 is 2.38 bits per heavy atom. The number of fused-ring (bicyclic) bond motifs is 3. The van der Waals surface area contributed by atoms with E-state index in [4.69, 9.17) is 33.2 Å². The van der Waals surface area contributed by atoms with Crippen LogP contribution in [0.15, 0.2) is 46.6 Å². The van der Waals surface area contributed by atoms with Crippen LogP contribution in [0.25, 0.3) is 11.8 Å². The molecule has 1 spiro atoms. The number of nitriles is 1.